The van der Waals surface area contributed by atoms with Gasteiger partial charge in [-0.1, -0.05) is 56.5 Å². The molecule has 0 aromatic heterocycles. The van der Waals surface area contributed by atoms with Crippen LogP contribution in [0.1, 0.15) is 39.0 Å². The van der Waals surface area contributed by atoms with Gasteiger partial charge in [0.2, 0.25) is 5.91 Å². The summed E-state index contributed by atoms with van der Waals surface area (Å²) in [5, 5.41) is 2.94. The second-order valence-corrected chi connectivity index (χ2v) is 5.86. The number of anilines is 1. The Bertz CT molecular complexity index is 628. The topological polar surface area (TPSA) is 47.6 Å². The van der Waals surface area contributed by atoms with Crippen LogP contribution in [0.2, 0.25) is 0 Å². The molecule has 134 valence electrons. The van der Waals surface area contributed by atoms with E-state index in [9.17, 15) is 4.79 Å². The molecular formula is C21H27NO3. The molecule has 1 N–H and O–H groups in total. The molecule has 0 radical (unpaired) electrons. The summed E-state index contributed by atoms with van der Waals surface area (Å²) in [5.41, 5.74) is 0.711. The highest BCUT2D eigenvalue weighted by molar-refractivity contribution is 5.92. The Morgan fingerprint density at radius 2 is 1.60 bits per heavy atom. The van der Waals surface area contributed by atoms with Gasteiger partial charge in [0.1, 0.15) is 24.7 Å². The van der Waals surface area contributed by atoms with Crippen molar-refractivity contribution in [2.75, 3.05) is 18.5 Å². The third kappa shape index (κ3) is 7.29. The van der Waals surface area contributed by atoms with Crippen molar-refractivity contribution >= 4 is 11.6 Å². The first-order valence-corrected chi connectivity index (χ1v) is 8.99. The van der Waals surface area contributed by atoms with Gasteiger partial charge in [0.05, 0.1) is 5.69 Å². The second-order valence-electron chi connectivity index (χ2n) is 5.86. The molecule has 0 atom stereocenters. The molecule has 4 heteroatoms. The number of amides is 1. The zero-order chi connectivity index (χ0) is 17.7. The van der Waals surface area contributed by atoms with Crippen molar-refractivity contribution in [2.45, 2.75) is 39.0 Å². The van der Waals surface area contributed by atoms with Crippen molar-refractivity contribution in [1.29, 1.82) is 0 Å². The normalized spacial score (nSPS) is 10.3. The zero-order valence-corrected chi connectivity index (χ0v) is 14.9. The highest BCUT2D eigenvalue weighted by atomic mass is 16.5. The Balaban J connectivity index is 1.76. The molecule has 4 nitrogen and oxygen atoms in total. The Morgan fingerprint density at radius 3 is 2.40 bits per heavy atom. The molecule has 2 rings (SSSR count). The molecule has 25 heavy (non-hydrogen) atoms. The van der Waals surface area contributed by atoms with Crippen LogP contribution in [0.4, 0.5) is 5.69 Å². The Labute approximate surface area is 150 Å². The highest BCUT2D eigenvalue weighted by Crippen LogP contribution is 2.24. The number of carbonyl (C=O) groups is 1. The number of benzene rings is 2. The van der Waals surface area contributed by atoms with Crippen molar-refractivity contribution in [3.63, 3.8) is 0 Å². The van der Waals surface area contributed by atoms with E-state index < -0.39 is 0 Å². The van der Waals surface area contributed by atoms with Gasteiger partial charge in [0, 0.05) is 6.42 Å². The van der Waals surface area contributed by atoms with Crippen LogP contribution in [0, 0.1) is 0 Å². The summed E-state index contributed by atoms with van der Waals surface area (Å²) in [6.45, 7) is 3.02. The summed E-state index contributed by atoms with van der Waals surface area (Å²) in [6, 6.07) is 17.1. The number of nitrogens with one attached hydrogen (secondary N) is 1. The average Bonchev–Trinajstić information content (AvgIpc) is 2.64. The smallest absolute Gasteiger partial charge is 0.224 e. The fourth-order valence-electron chi connectivity index (χ4n) is 2.45. The Hall–Kier alpha value is -2.49. The van der Waals surface area contributed by atoms with E-state index in [0.717, 1.165) is 18.6 Å². The SMILES string of the molecule is CCCCCCC(=O)Nc1ccccc1OCCOc1ccccc1. The Kier molecular flexibility index (Phi) is 8.39. The standard InChI is InChI=1S/C21H27NO3/c1-2-3-4-8-15-21(23)22-19-13-9-10-14-20(19)25-17-16-24-18-11-6-5-7-12-18/h5-7,9-14H,2-4,8,15-17H2,1H3,(H,22,23). The quantitative estimate of drug-likeness (QED) is 0.582. The minimum atomic E-state index is 0.0349. The van der Waals surface area contributed by atoms with Crippen LogP contribution in [-0.2, 0) is 4.79 Å². The predicted molar refractivity (Wildman–Crippen MR) is 101 cm³/mol. The largest absolute Gasteiger partial charge is 0.490 e. The third-order valence-electron chi connectivity index (χ3n) is 3.77. The molecule has 0 spiro atoms. The molecule has 0 unspecified atom stereocenters. The van der Waals surface area contributed by atoms with Crippen LogP contribution in [0.5, 0.6) is 11.5 Å². The Morgan fingerprint density at radius 1 is 0.880 bits per heavy atom. The number of para-hydroxylation sites is 3. The molecule has 0 aliphatic carbocycles. The predicted octanol–water partition coefficient (Wildman–Crippen LogP) is 5.05. The summed E-state index contributed by atoms with van der Waals surface area (Å²) < 4.78 is 11.4. The summed E-state index contributed by atoms with van der Waals surface area (Å²) in [7, 11) is 0. The second kappa shape index (κ2) is 11.1. The number of carbonyl (C=O) groups excluding carboxylic acids is 1. The van der Waals surface area contributed by atoms with Crippen molar-refractivity contribution in [3.8, 4) is 11.5 Å². The van der Waals surface area contributed by atoms with Gasteiger partial charge in [-0.3, -0.25) is 4.79 Å². The lowest BCUT2D eigenvalue weighted by atomic mass is 10.1. The van der Waals surface area contributed by atoms with E-state index >= 15 is 0 Å². The lowest BCUT2D eigenvalue weighted by Crippen LogP contribution is -2.14. The van der Waals surface area contributed by atoms with Crippen LogP contribution >= 0.6 is 0 Å². The number of rotatable bonds is 11. The summed E-state index contributed by atoms with van der Waals surface area (Å²) in [5.74, 6) is 1.52. The van der Waals surface area contributed by atoms with E-state index in [1.807, 2.05) is 54.6 Å². The maximum atomic E-state index is 12.1. The number of hydrogen-bond acceptors (Lipinski definition) is 3. The van der Waals surface area contributed by atoms with E-state index in [1.54, 1.807) is 0 Å². The van der Waals surface area contributed by atoms with Crippen molar-refractivity contribution in [3.05, 3.63) is 54.6 Å². The minimum Gasteiger partial charge on any atom is -0.490 e. The molecule has 0 fully saturated rings. The first-order valence-electron chi connectivity index (χ1n) is 8.99. The highest BCUT2D eigenvalue weighted by Gasteiger charge is 2.07. The first-order chi connectivity index (χ1) is 12.3. The zero-order valence-electron chi connectivity index (χ0n) is 14.9. The van der Waals surface area contributed by atoms with Gasteiger partial charge in [0.15, 0.2) is 0 Å². The molecule has 0 bridgehead atoms. The first kappa shape index (κ1) is 18.8. The van der Waals surface area contributed by atoms with Gasteiger partial charge in [0.25, 0.3) is 0 Å². The van der Waals surface area contributed by atoms with Crippen molar-refractivity contribution in [2.24, 2.45) is 0 Å². The van der Waals surface area contributed by atoms with Crippen LogP contribution in [0.25, 0.3) is 0 Å². The van der Waals surface area contributed by atoms with Crippen LogP contribution < -0.4 is 14.8 Å². The molecule has 0 aliphatic heterocycles. The molecule has 1 amide bonds. The van der Waals surface area contributed by atoms with E-state index in [0.29, 0.717) is 31.1 Å². The number of ether oxygens (including phenoxy) is 2. The van der Waals surface area contributed by atoms with E-state index in [2.05, 4.69) is 12.2 Å². The van der Waals surface area contributed by atoms with Gasteiger partial charge >= 0.3 is 0 Å². The molecule has 0 saturated heterocycles. The van der Waals surface area contributed by atoms with Crippen molar-refractivity contribution in [1.82, 2.24) is 0 Å². The summed E-state index contributed by atoms with van der Waals surface area (Å²) >= 11 is 0. The maximum absolute atomic E-state index is 12.1. The average molecular weight is 341 g/mol. The number of hydrogen-bond donors (Lipinski definition) is 1. The van der Waals surface area contributed by atoms with Gasteiger partial charge in [-0.2, -0.15) is 0 Å². The van der Waals surface area contributed by atoms with Crippen LogP contribution in [0.3, 0.4) is 0 Å². The summed E-state index contributed by atoms with van der Waals surface area (Å²) in [6.07, 6.45) is 4.91. The van der Waals surface area contributed by atoms with Gasteiger partial charge in [-0.05, 0) is 30.7 Å². The van der Waals surface area contributed by atoms with Gasteiger partial charge < -0.3 is 14.8 Å². The lowest BCUT2D eigenvalue weighted by molar-refractivity contribution is -0.116. The van der Waals surface area contributed by atoms with E-state index in [1.165, 1.54) is 12.8 Å². The third-order valence-corrected chi connectivity index (χ3v) is 3.77. The van der Waals surface area contributed by atoms with Gasteiger partial charge in [-0.25, -0.2) is 0 Å². The fourth-order valence-corrected chi connectivity index (χ4v) is 2.45. The van der Waals surface area contributed by atoms with E-state index in [4.69, 9.17) is 9.47 Å². The van der Waals surface area contributed by atoms with Crippen LogP contribution in [0.15, 0.2) is 54.6 Å². The fraction of sp³-hybridized carbons (Fsp3) is 0.381. The monoisotopic (exact) mass is 341 g/mol. The summed E-state index contributed by atoms with van der Waals surface area (Å²) in [4.78, 5) is 12.1. The molecule has 0 saturated carbocycles. The van der Waals surface area contributed by atoms with Crippen molar-refractivity contribution < 1.29 is 14.3 Å². The van der Waals surface area contributed by atoms with Gasteiger partial charge in [-0.15, -0.1) is 0 Å². The maximum Gasteiger partial charge on any atom is 0.224 e. The molecular weight excluding hydrogens is 314 g/mol. The van der Waals surface area contributed by atoms with Crippen LogP contribution in [-0.4, -0.2) is 19.1 Å². The minimum absolute atomic E-state index is 0.0349. The molecule has 0 heterocycles. The molecule has 2 aromatic rings. The lowest BCUT2D eigenvalue weighted by Gasteiger charge is -2.13. The molecule has 2 aromatic carbocycles. The van der Waals surface area contributed by atoms with E-state index in [-0.39, 0.29) is 5.91 Å². The molecule has 0 aliphatic rings. The number of unbranched alkanes of at least 4 members (excludes halogenated alkanes) is 3.